The average molecular weight is 629 g/mol. The molecule has 0 aliphatic rings. The Labute approximate surface area is 278 Å². The van der Waals surface area contributed by atoms with Gasteiger partial charge in [0.15, 0.2) is 0 Å². The van der Waals surface area contributed by atoms with E-state index in [4.69, 9.17) is 4.74 Å². The third-order valence-corrected chi connectivity index (χ3v) is 8.88. The van der Waals surface area contributed by atoms with Crippen LogP contribution in [-0.4, -0.2) is 31.5 Å². The fourth-order valence-corrected chi connectivity index (χ4v) is 5.86. The summed E-state index contributed by atoms with van der Waals surface area (Å²) < 4.78 is 6.17. The molecule has 0 radical (unpaired) electrons. The molecule has 2 amide bonds. The highest BCUT2D eigenvalue weighted by Crippen LogP contribution is 2.22. The summed E-state index contributed by atoms with van der Waals surface area (Å²) in [5, 5.41) is 6.17. The van der Waals surface area contributed by atoms with Crippen LogP contribution in [0.1, 0.15) is 208 Å². The molecule has 0 unspecified atom stereocenters. The summed E-state index contributed by atoms with van der Waals surface area (Å²) in [6.07, 6.45) is 32.5. The molecule has 45 heavy (non-hydrogen) atoms. The Morgan fingerprint density at radius 1 is 0.489 bits per heavy atom. The molecule has 0 saturated carbocycles. The molecule has 1 aromatic carbocycles. The molecular weight excluding hydrogens is 556 g/mol. The summed E-state index contributed by atoms with van der Waals surface area (Å²) in [5.74, 6) is 0.327. The first-order valence-corrected chi connectivity index (χ1v) is 19.5. The lowest BCUT2D eigenvalue weighted by molar-refractivity contribution is 0.0937. The van der Waals surface area contributed by atoms with Gasteiger partial charge >= 0.3 is 0 Å². The standard InChI is InChI=1S/C40H72N2O3/c1-4-7-10-13-16-19-20-23-26-29-34-45-38-35-36(39(43)41-32-27-24-21-17-14-11-8-5-2)30-31-37(38)40(44)42-33-28-25-22-18-15-12-9-6-3/h30-31,35H,4-29,32-34H2,1-3H3,(H,41,43)(H,42,44). The Hall–Kier alpha value is -2.04. The van der Waals surface area contributed by atoms with Gasteiger partial charge in [-0.2, -0.15) is 0 Å². The van der Waals surface area contributed by atoms with E-state index in [1.807, 2.05) is 0 Å². The molecule has 0 atom stereocenters. The van der Waals surface area contributed by atoms with Crippen LogP contribution in [0, 0.1) is 0 Å². The molecule has 0 aliphatic heterocycles. The van der Waals surface area contributed by atoms with Gasteiger partial charge in [0.2, 0.25) is 0 Å². The highest BCUT2D eigenvalue weighted by atomic mass is 16.5. The summed E-state index contributed by atoms with van der Waals surface area (Å²) in [5.41, 5.74) is 1.09. The number of benzene rings is 1. The first-order valence-electron chi connectivity index (χ1n) is 19.5. The van der Waals surface area contributed by atoms with Gasteiger partial charge in [-0.05, 0) is 37.5 Å². The van der Waals surface area contributed by atoms with Gasteiger partial charge in [-0.1, -0.05) is 168 Å². The second-order valence-corrected chi connectivity index (χ2v) is 13.2. The molecular formula is C40H72N2O3. The van der Waals surface area contributed by atoms with Gasteiger partial charge in [0.1, 0.15) is 5.75 Å². The second kappa shape index (κ2) is 30.6. The summed E-state index contributed by atoms with van der Waals surface area (Å²) in [6.45, 7) is 8.68. The highest BCUT2D eigenvalue weighted by molar-refractivity contribution is 6.00. The van der Waals surface area contributed by atoms with Crippen molar-refractivity contribution >= 4 is 11.8 Å². The first-order chi connectivity index (χ1) is 22.1. The topological polar surface area (TPSA) is 67.4 Å². The zero-order valence-corrected chi connectivity index (χ0v) is 30.0. The van der Waals surface area contributed by atoms with Crippen molar-refractivity contribution in [2.24, 2.45) is 0 Å². The van der Waals surface area contributed by atoms with E-state index in [9.17, 15) is 9.59 Å². The lowest BCUT2D eigenvalue weighted by Crippen LogP contribution is -2.26. The van der Waals surface area contributed by atoms with Gasteiger partial charge in [-0.15, -0.1) is 0 Å². The monoisotopic (exact) mass is 629 g/mol. The maximum Gasteiger partial charge on any atom is 0.255 e. The number of ether oxygens (including phenoxy) is 1. The predicted molar refractivity (Wildman–Crippen MR) is 194 cm³/mol. The third kappa shape index (κ3) is 23.0. The maximum absolute atomic E-state index is 13.1. The van der Waals surface area contributed by atoms with Gasteiger partial charge in [0, 0.05) is 18.7 Å². The quantitative estimate of drug-likeness (QED) is 0.0780. The molecule has 1 aromatic rings. The molecule has 0 bridgehead atoms. The minimum Gasteiger partial charge on any atom is -0.493 e. The van der Waals surface area contributed by atoms with Crippen LogP contribution < -0.4 is 15.4 Å². The van der Waals surface area contributed by atoms with Crippen molar-refractivity contribution in [3.8, 4) is 5.75 Å². The van der Waals surface area contributed by atoms with Crippen LogP contribution in [0.15, 0.2) is 18.2 Å². The Balaban J connectivity index is 2.53. The lowest BCUT2D eigenvalue weighted by Gasteiger charge is -2.14. The molecule has 1 rings (SSSR count). The fraction of sp³-hybridized carbons (Fsp3) is 0.800. The van der Waals surface area contributed by atoms with Crippen LogP contribution in [0.2, 0.25) is 0 Å². The zero-order valence-electron chi connectivity index (χ0n) is 30.0. The van der Waals surface area contributed by atoms with Crippen molar-refractivity contribution in [1.82, 2.24) is 10.6 Å². The van der Waals surface area contributed by atoms with Gasteiger partial charge < -0.3 is 15.4 Å². The minimum atomic E-state index is -0.109. The maximum atomic E-state index is 13.1. The molecule has 0 aliphatic carbocycles. The zero-order chi connectivity index (χ0) is 32.6. The Morgan fingerprint density at radius 2 is 0.867 bits per heavy atom. The predicted octanol–water partition coefficient (Wildman–Crippen LogP) is 11.7. The van der Waals surface area contributed by atoms with E-state index in [-0.39, 0.29) is 11.8 Å². The number of carbonyl (C=O) groups excluding carboxylic acids is 2. The number of unbranched alkanes of at least 4 members (excludes halogenated alkanes) is 23. The number of amides is 2. The van der Waals surface area contributed by atoms with Crippen LogP contribution in [0.5, 0.6) is 5.75 Å². The smallest absolute Gasteiger partial charge is 0.255 e. The lowest BCUT2D eigenvalue weighted by atomic mass is 10.1. The van der Waals surface area contributed by atoms with E-state index >= 15 is 0 Å². The van der Waals surface area contributed by atoms with Crippen molar-refractivity contribution in [3.05, 3.63) is 29.3 Å². The summed E-state index contributed by atoms with van der Waals surface area (Å²) >= 11 is 0. The number of hydrogen-bond acceptors (Lipinski definition) is 3. The highest BCUT2D eigenvalue weighted by Gasteiger charge is 2.16. The number of carbonyl (C=O) groups is 2. The molecule has 5 nitrogen and oxygen atoms in total. The van der Waals surface area contributed by atoms with E-state index in [0.717, 1.165) is 38.5 Å². The van der Waals surface area contributed by atoms with E-state index in [1.54, 1.807) is 18.2 Å². The van der Waals surface area contributed by atoms with Crippen molar-refractivity contribution in [2.45, 2.75) is 188 Å². The first kappa shape index (κ1) is 41.0. The average Bonchev–Trinajstić information content (AvgIpc) is 3.05. The fourth-order valence-electron chi connectivity index (χ4n) is 5.86. The van der Waals surface area contributed by atoms with Crippen LogP contribution in [0.3, 0.4) is 0 Å². The summed E-state index contributed by atoms with van der Waals surface area (Å²) in [6, 6.07) is 5.30. The normalized spacial score (nSPS) is 11.1. The third-order valence-electron chi connectivity index (χ3n) is 8.88. The SMILES string of the molecule is CCCCCCCCCCCCOc1cc(C(=O)NCCCCCCCCCC)ccc1C(=O)NCCCCCCCCCC. The number of hydrogen-bond donors (Lipinski definition) is 2. The molecule has 0 aromatic heterocycles. The molecule has 2 N–H and O–H groups in total. The second-order valence-electron chi connectivity index (χ2n) is 13.2. The van der Waals surface area contributed by atoms with Crippen molar-refractivity contribution in [2.75, 3.05) is 19.7 Å². The van der Waals surface area contributed by atoms with Crippen molar-refractivity contribution in [3.63, 3.8) is 0 Å². The van der Waals surface area contributed by atoms with Crippen molar-refractivity contribution in [1.29, 1.82) is 0 Å². The Bertz CT molecular complexity index is 841. The van der Waals surface area contributed by atoms with Crippen LogP contribution >= 0.6 is 0 Å². The van der Waals surface area contributed by atoms with Crippen LogP contribution in [0.4, 0.5) is 0 Å². The Kier molecular flexibility index (Phi) is 27.9. The largest absolute Gasteiger partial charge is 0.493 e. The summed E-state index contributed by atoms with van der Waals surface area (Å²) in [4.78, 5) is 26.1. The van der Waals surface area contributed by atoms with Gasteiger partial charge in [0.25, 0.3) is 11.8 Å². The van der Waals surface area contributed by atoms with E-state index in [1.165, 1.54) is 128 Å². The molecule has 260 valence electrons. The molecule has 0 heterocycles. The van der Waals surface area contributed by atoms with Crippen LogP contribution in [0.25, 0.3) is 0 Å². The van der Waals surface area contributed by atoms with Gasteiger partial charge in [-0.3, -0.25) is 9.59 Å². The molecule has 0 fully saturated rings. The van der Waals surface area contributed by atoms with E-state index in [2.05, 4.69) is 31.4 Å². The van der Waals surface area contributed by atoms with E-state index < -0.39 is 0 Å². The number of nitrogens with one attached hydrogen (secondary N) is 2. The molecule has 5 heteroatoms. The number of rotatable bonds is 32. The van der Waals surface area contributed by atoms with Gasteiger partial charge in [-0.25, -0.2) is 0 Å². The van der Waals surface area contributed by atoms with Crippen LogP contribution in [-0.2, 0) is 0 Å². The molecule has 0 spiro atoms. The Morgan fingerprint density at radius 3 is 1.31 bits per heavy atom. The molecule has 0 saturated heterocycles. The van der Waals surface area contributed by atoms with E-state index in [0.29, 0.717) is 36.6 Å². The summed E-state index contributed by atoms with van der Waals surface area (Å²) in [7, 11) is 0. The minimum absolute atomic E-state index is 0.0902. The van der Waals surface area contributed by atoms with Crippen molar-refractivity contribution < 1.29 is 14.3 Å². The van der Waals surface area contributed by atoms with Gasteiger partial charge in [0.05, 0.1) is 12.2 Å².